The third kappa shape index (κ3) is 6.28. The minimum absolute atomic E-state index is 0.00974. The number of amides is 1. The van der Waals surface area contributed by atoms with Crippen LogP contribution in [-0.2, 0) is 26.0 Å². The SMILES string of the molecule is Cc1ccc(S(=O)(=O)NC(CO)C(=O)NC(Cc2ccc(O)cc2)C(=O)O)cc1. The van der Waals surface area contributed by atoms with E-state index in [0.717, 1.165) is 5.56 Å². The molecule has 0 aromatic heterocycles. The number of hydrogen-bond donors (Lipinski definition) is 5. The summed E-state index contributed by atoms with van der Waals surface area (Å²) in [6, 6.07) is 8.71. The number of carbonyl (C=O) groups is 2. The molecule has 0 fully saturated rings. The second kappa shape index (κ2) is 9.50. The van der Waals surface area contributed by atoms with Gasteiger partial charge in [-0.05, 0) is 36.8 Å². The number of phenols is 1. The molecule has 0 heterocycles. The van der Waals surface area contributed by atoms with Crippen molar-refractivity contribution in [2.45, 2.75) is 30.3 Å². The Kier molecular flexibility index (Phi) is 7.32. The zero-order valence-electron chi connectivity index (χ0n) is 15.6. The van der Waals surface area contributed by atoms with E-state index in [1.54, 1.807) is 19.1 Å². The molecule has 0 radical (unpaired) electrons. The molecule has 0 bridgehead atoms. The lowest BCUT2D eigenvalue weighted by Crippen LogP contribution is -2.53. The molecule has 0 saturated carbocycles. The highest BCUT2D eigenvalue weighted by Crippen LogP contribution is 2.13. The quantitative estimate of drug-likeness (QED) is 0.386. The van der Waals surface area contributed by atoms with Crippen molar-refractivity contribution in [3.05, 3.63) is 59.7 Å². The van der Waals surface area contributed by atoms with Crippen LogP contribution in [0.4, 0.5) is 0 Å². The molecule has 2 aromatic rings. The molecule has 2 rings (SSSR count). The van der Waals surface area contributed by atoms with Crippen LogP contribution in [0.2, 0.25) is 0 Å². The first-order valence-electron chi connectivity index (χ1n) is 8.63. The molecule has 9 nitrogen and oxygen atoms in total. The number of aromatic hydroxyl groups is 1. The van der Waals surface area contributed by atoms with Crippen LogP contribution in [0.15, 0.2) is 53.4 Å². The van der Waals surface area contributed by atoms with Crippen LogP contribution in [-0.4, -0.2) is 54.3 Å². The van der Waals surface area contributed by atoms with Crippen LogP contribution in [0.1, 0.15) is 11.1 Å². The summed E-state index contributed by atoms with van der Waals surface area (Å²) in [5.41, 5.74) is 1.38. The van der Waals surface area contributed by atoms with Crippen LogP contribution in [0, 0.1) is 6.92 Å². The Bertz CT molecular complexity index is 957. The first-order chi connectivity index (χ1) is 13.6. The third-order valence-electron chi connectivity index (χ3n) is 4.12. The first kappa shape index (κ1) is 22.3. The molecule has 156 valence electrons. The van der Waals surface area contributed by atoms with Crippen molar-refractivity contribution in [1.29, 1.82) is 0 Å². The normalized spacial score (nSPS) is 13.4. The average Bonchev–Trinajstić information content (AvgIpc) is 2.67. The summed E-state index contributed by atoms with van der Waals surface area (Å²) in [6.45, 7) is 0.927. The summed E-state index contributed by atoms with van der Waals surface area (Å²) in [5, 5.41) is 30.3. The van der Waals surface area contributed by atoms with Gasteiger partial charge < -0.3 is 20.6 Å². The molecule has 0 aliphatic carbocycles. The number of aliphatic carboxylic acids is 1. The van der Waals surface area contributed by atoms with Crippen LogP contribution in [0.5, 0.6) is 5.75 Å². The van der Waals surface area contributed by atoms with Gasteiger partial charge in [-0.2, -0.15) is 4.72 Å². The van der Waals surface area contributed by atoms with E-state index in [-0.39, 0.29) is 17.1 Å². The van der Waals surface area contributed by atoms with E-state index in [2.05, 4.69) is 10.0 Å². The van der Waals surface area contributed by atoms with Gasteiger partial charge >= 0.3 is 5.97 Å². The smallest absolute Gasteiger partial charge is 0.326 e. The summed E-state index contributed by atoms with van der Waals surface area (Å²) >= 11 is 0. The first-order valence-corrected chi connectivity index (χ1v) is 10.1. The maximum absolute atomic E-state index is 12.4. The number of rotatable bonds is 9. The summed E-state index contributed by atoms with van der Waals surface area (Å²) < 4.78 is 26.9. The van der Waals surface area contributed by atoms with E-state index >= 15 is 0 Å². The van der Waals surface area contributed by atoms with Crippen LogP contribution < -0.4 is 10.0 Å². The lowest BCUT2D eigenvalue weighted by molar-refractivity contribution is -0.142. The number of carboxylic acids is 1. The molecule has 2 aromatic carbocycles. The minimum atomic E-state index is -4.10. The molecule has 1 amide bonds. The molecule has 0 spiro atoms. The molecular formula is C19H22N2O7S. The van der Waals surface area contributed by atoms with Crippen LogP contribution in [0.3, 0.4) is 0 Å². The Morgan fingerprint density at radius 3 is 2.10 bits per heavy atom. The van der Waals surface area contributed by atoms with Gasteiger partial charge in [0.25, 0.3) is 0 Å². The highest BCUT2D eigenvalue weighted by atomic mass is 32.2. The van der Waals surface area contributed by atoms with Crippen molar-refractivity contribution in [3.63, 3.8) is 0 Å². The fourth-order valence-electron chi connectivity index (χ4n) is 2.49. The number of sulfonamides is 1. The number of carboxylic acid groups (broad SMARTS) is 1. The number of aliphatic hydroxyl groups is 1. The van der Waals surface area contributed by atoms with Gasteiger partial charge in [-0.3, -0.25) is 4.79 Å². The van der Waals surface area contributed by atoms with Crippen LogP contribution in [0.25, 0.3) is 0 Å². The second-order valence-corrected chi connectivity index (χ2v) is 8.15. The number of benzene rings is 2. The predicted octanol–water partition coefficient (Wildman–Crippen LogP) is 0.152. The minimum Gasteiger partial charge on any atom is -0.508 e. The van der Waals surface area contributed by atoms with E-state index in [1.165, 1.54) is 36.4 Å². The maximum atomic E-state index is 12.4. The summed E-state index contributed by atoms with van der Waals surface area (Å²) in [7, 11) is -4.10. The summed E-state index contributed by atoms with van der Waals surface area (Å²) in [5.74, 6) is -2.30. The highest BCUT2D eigenvalue weighted by Gasteiger charge is 2.29. The van der Waals surface area contributed by atoms with E-state index in [0.29, 0.717) is 5.56 Å². The van der Waals surface area contributed by atoms with E-state index in [9.17, 15) is 33.3 Å². The van der Waals surface area contributed by atoms with Gasteiger partial charge in [0.05, 0.1) is 11.5 Å². The molecule has 10 heteroatoms. The number of aryl methyl sites for hydroxylation is 1. The standard InChI is InChI=1S/C19H22N2O7S/c1-12-2-8-15(9-3-12)29(27,28)21-17(11-22)18(24)20-16(19(25)26)10-13-4-6-14(23)7-5-13/h2-9,16-17,21-23H,10-11H2,1H3,(H,20,24)(H,25,26). The molecular weight excluding hydrogens is 400 g/mol. The predicted molar refractivity (Wildman–Crippen MR) is 104 cm³/mol. The largest absolute Gasteiger partial charge is 0.508 e. The van der Waals surface area contributed by atoms with Gasteiger partial charge in [0.2, 0.25) is 15.9 Å². The maximum Gasteiger partial charge on any atom is 0.326 e. The monoisotopic (exact) mass is 422 g/mol. The van der Waals surface area contributed by atoms with Gasteiger partial charge in [0, 0.05) is 6.42 Å². The van der Waals surface area contributed by atoms with Gasteiger partial charge in [-0.25, -0.2) is 13.2 Å². The second-order valence-electron chi connectivity index (χ2n) is 6.44. The topological polar surface area (TPSA) is 153 Å². The van der Waals surface area contributed by atoms with Crippen molar-refractivity contribution in [2.75, 3.05) is 6.61 Å². The number of nitrogens with one attached hydrogen (secondary N) is 2. The Morgan fingerprint density at radius 2 is 1.59 bits per heavy atom. The van der Waals surface area contributed by atoms with Crippen molar-refractivity contribution in [2.24, 2.45) is 0 Å². The highest BCUT2D eigenvalue weighted by molar-refractivity contribution is 7.89. The number of phenolic OH excluding ortho intramolecular Hbond substituents is 1. The molecule has 0 aliphatic rings. The number of carbonyl (C=O) groups excluding carboxylic acids is 1. The zero-order valence-corrected chi connectivity index (χ0v) is 16.4. The van der Waals surface area contributed by atoms with Crippen LogP contribution >= 0.6 is 0 Å². The van der Waals surface area contributed by atoms with E-state index in [1.807, 2.05) is 0 Å². The third-order valence-corrected chi connectivity index (χ3v) is 5.61. The number of hydrogen-bond acceptors (Lipinski definition) is 6. The van der Waals surface area contributed by atoms with Gasteiger partial charge in [-0.1, -0.05) is 29.8 Å². The summed E-state index contributed by atoms with van der Waals surface area (Å²) in [4.78, 5) is 23.8. The molecule has 0 saturated heterocycles. The molecule has 29 heavy (non-hydrogen) atoms. The zero-order chi connectivity index (χ0) is 21.6. The fourth-order valence-corrected chi connectivity index (χ4v) is 3.67. The van der Waals surface area contributed by atoms with Gasteiger partial charge in [-0.15, -0.1) is 0 Å². The van der Waals surface area contributed by atoms with Gasteiger partial charge in [0.15, 0.2) is 0 Å². The van der Waals surface area contributed by atoms with E-state index < -0.39 is 40.6 Å². The molecule has 2 atom stereocenters. The summed E-state index contributed by atoms with van der Waals surface area (Å²) in [6.07, 6.45) is -0.0930. The van der Waals surface area contributed by atoms with E-state index in [4.69, 9.17) is 0 Å². The Morgan fingerprint density at radius 1 is 1.00 bits per heavy atom. The Balaban J connectivity index is 2.10. The molecule has 5 N–H and O–H groups in total. The van der Waals surface area contributed by atoms with Crippen molar-refractivity contribution in [3.8, 4) is 5.75 Å². The van der Waals surface area contributed by atoms with Crippen molar-refractivity contribution in [1.82, 2.24) is 10.0 Å². The number of aliphatic hydroxyl groups excluding tert-OH is 1. The Hall–Kier alpha value is -2.95. The lowest BCUT2D eigenvalue weighted by Gasteiger charge is -2.20. The van der Waals surface area contributed by atoms with Crippen molar-refractivity contribution >= 4 is 21.9 Å². The van der Waals surface area contributed by atoms with Crippen molar-refractivity contribution < 1.29 is 33.3 Å². The average molecular weight is 422 g/mol. The lowest BCUT2D eigenvalue weighted by atomic mass is 10.1. The van der Waals surface area contributed by atoms with Gasteiger partial charge in [0.1, 0.15) is 17.8 Å². The Labute approximate surface area is 168 Å². The molecule has 2 unspecified atom stereocenters. The fraction of sp³-hybridized carbons (Fsp3) is 0.263. The molecule has 0 aliphatic heterocycles.